The Balaban J connectivity index is 2.03. The summed E-state index contributed by atoms with van der Waals surface area (Å²) in [6.45, 7) is 4.63. The molecular formula is C12H16N3O4S-. The Morgan fingerprint density at radius 1 is 1.30 bits per heavy atom. The van der Waals surface area contributed by atoms with E-state index in [1.165, 1.54) is 6.07 Å². The summed E-state index contributed by atoms with van der Waals surface area (Å²) in [6.07, 6.45) is 0. The largest absolute Gasteiger partial charge is 0.771 e. The summed E-state index contributed by atoms with van der Waals surface area (Å²) in [5.41, 5.74) is 1.92. The van der Waals surface area contributed by atoms with Crippen molar-refractivity contribution in [2.45, 2.75) is 6.92 Å². The van der Waals surface area contributed by atoms with Crippen LogP contribution >= 0.6 is 0 Å². The average Bonchev–Trinajstić information content (AvgIpc) is 2.39. The van der Waals surface area contributed by atoms with Gasteiger partial charge in [0.2, 0.25) is 0 Å². The number of aryl methyl sites for hydroxylation is 1. The molecule has 0 spiro atoms. The second-order valence-electron chi connectivity index (χ2n) is 4.77. The Morgan fingerprint density at radius 3 is 2.45 bits per heavy atom. The van der Waals surface area contributed by atoms with E-state index in [0.717, 1.165) is 24.3 Å². The minimum atomic E-state index is -2.05. The lowest BCUT2D eigenvalue weighted by atomic mass is 10.1. The Bertz CT molecular complexity index is 529. The monoisotopic (exact) mass is 298 g/mol. The maximum atomic E-state index is 10.7. The summed E-state index contributed by atoms with van der Waals surface area (Å²) in [6, 6.07) is 4.82. The molecule has 1 heterocycles. The van der Waals surface area contributed by atoms with E-state index in [4.69, 9.17) is 0 Å². The van der Waals surface area contributed by atoms with Crippen molar-refractivity contribution in [1.82, 2.24) is 4.90 Å². The highest BCUT2D eigenvalue weighted by atomic mass is 32.2. The minimum Gasteiger partial charge on any atom is -0.771 e. The first-order valence-corrected chi connectivity index (χ1v) is 7.50. The summed E-state index contributed by atoms with van der Waals surface area (Å²) in [4.78, 5) is 14.3. The van der Waals surface area contributed by atoms with Gasteiger partial charge < -0.3 is 9.45 Å². The number of non-ortho nitro benzene ring substituents is 1. The smallest absolute Gasteiger partial charge is 0.269 e. The van der Waals surface area contributed by atoms with Crippen molar-refractivity contribution >= 4 is 22.5 Å². The Labute approximate surface area is 119 Å². The topological polar surface area (TPSA) is 89.8 Å². The van der Waals surface area contributed by atoms with E-state index < -0.39 is 16.0 Å². The van der Waals surface area contributed by atoms with Gasteiger partial charge in [-0.15, -0.1) is 0 Å². The highest BCUT2D eigenvalue weighted by Crippen LogP contribution is 2.25. The summed E-state index contributed by atoms with van der Waals surface area (Å²) < 4.78 is 21.3. The van der Waals surface area contributed by atoms with E-state index in [9.17, 15) is 18.9 Å². The number of hydrogen-bond acceptors (Lipinski definition) is 6. The number of anilines is 1. The first-order valence-electron chi connectivity index (χ1n) is 6.25. The molecule has 0 N–H and O–H groups in total. The highest BCUT2D eigenvalue weighted by Gasteiger charge is 2.19. The molecule has 0 aliphatic carbocycles. The van der Waals surface area contributed by atoms with Gasteiger partial charge in [0.25, 0.3) is 5.69 Å². The SMILES string of the molecule is Cc1cc([N+](=O)[O-])ccc1N1CCN(CS(=O)[O-])CC1. The van der Waals surface area contributed by atoms with Gasteiger partial charge >= 0.3 is 0 Å². The predicted octanol–water partition coefficient (Wildman–Crippen LogP) is 0.862. The molecule has 1 aliphatic rings. The van der Waals surface area contributed by atoms with Crippen LogP contribution in [0.3, 0.4) is 0 Å². The summed E-state index contributed by atoms with van der Waals surface area (Å²) in [5.74, 6) is 0.0626. The maximum Gasteiger partial charge on any atom is 0.269 e. The predicted molar refractivity (Wildman–Crippen MR) is 75.4 cm³/mol. The van der Waals surface area contributed by atoms with E-state index in [2.05, 4.69) is 4.90 Å². The van der Waals surface area contributed by atoms with Crippen LogP contribution in [0.2, 0.25) is 0 Å². The Kier molecular flexibility index (Phi) is 4.69. The van der Waals surface area contributed by atoms with Crippen molar-refractivity contribution in [1.29, 1.82) is 0 Å². The van der Waals surface area contributed by atoms with Gasteiger partial charge in [0.05, 0.1) is 10.8 Å². The molecule has 0 aromatic heterocycles. The van der Waals surface area contributed by atoms with Crippen LogP contribution in [0.4, 0.5) is 11.4 Å². The molecule has 0 saturated carbocycles. The summed E-state index contributed by atoms with van der Waals surface area (Å²) >= 11 is -2.05. The van der Waals surface area contributed by atoms with Crippen LogP contribution in [0.15, 0.2) is 18.2 Å². The maximum absolute atomic E-state index is 10.7. The molecular weight excluding hydrogens is 282 g/mol. The van der Waals surface area contributed by atoms with Gasteiger partial charge in [-0.1, -0.05) is 0 Å². The molecule has 1 aliphatic heterocycles. The van der Waals surface area contributed by atoms with Crippen molar-refractivity contribution in [2.24, 2.45) is 0 Å². The van der Waals surface area contributed by atoms with Gasteiger partial charge in [-0.05, 0) is 29.6 Å². The number of benzene rings is 1. The van der Waals surface area contributed by atoms with Crippen LogP contribution in [-0.4, -0.2) is 50.6 Å². The lowest BCUT2D eigenvalue weighted by molar-refractivity contribution is -0.384. The molecule has 7 nitrogen and oxygen atoms in total. The molecule has 1 atom stereocenters. The van der Waals surface area contributed by atoms with Crippen LogP contribution in [-0.2, 0) is 11.1 Å². The van der Waals surface area contributed by atoms with Crippen LogP contribution in [0.1, 0.15) is 5.56 Å². The van der Waals surface area contributed by atoms with Gasteiger partial charge in [-0.25, -0.2) is 0 Å². The first kappa shape index (κ1) is 14.9. The standard InChI is InChI=1S/C12H17N3O4S/c1-10-8-11(15(16)17)2-3-12(10)14-6-4-13(5-7-14)9-20(18)19/h2-3,8H,4-7,9H2,1H3,(H,18,19)/p-1. The number of piperazine rings is 1. The van der Waals surface area contributed by atoms with Gasteiger partial charge in [0, 0.05) is 44.0 Å². The molecule has 1 unspecified atom stereocenters. The van der Waals surface area contributed by atoms with Crippen LogP contribution in [0, 0.1) is 17.0 Å². The van der Waals surface area contributed by atoms with Crippen molar-refractivity contribution in [3.05, 3.63) is 33.9 Å². The van der Waals surface area contributed by atoms with Crippen LogP contribution in [0.5, 0.6) is 0 Å². The molecule has 110 valence electrons. The molecule has 2 rings (SSSR count). The third-order valence-corrected chi connectivity index (χ3v) is 3.97. The molecule has 0 radical (unpaired) electrons. The van der Waals surface area contributed by atoms with E-state index in [0.29, 0.717) is 13.1 Å². The molecule has 1 aromatic carbocycles. The molecule has 0 amide bonds. The average molecular weight is 298 g/mol. The van der Waals surface area contributed by atoms with E-state index in [-0.39, 0.29) is 11.6 Å². The van der Waals surface area contributed by atoms with E-state index in [1.54, 1.807) is 12.1 Å². The van der Waals surface area contributed by atoms with Crippen molar-refractivity contribution in [3.63, 3.8) is 0 Å². The van der Waals surface area contributed by atoms with Crippen LogP contribution in [0.25, 0.3) is 0 Å². The van der Waals surface area contributed by atoms with Crippen molar-refractivity contribution in [2.75, 3.05) is 37.0 Å². The summed E-state index contributed by atoms with van der Waals surface area (Å²) in [5, 5.41) is 10.7. The Hall–Kier alpha value is -1.51. The van der Waals surface area contributed by atoms with Gasteiger partial charge in [-0.3, -0.25) is 19.2 Å². The second kappa shape index (κ2) is 6.29. The van der Waals surface area contributed by atoms with Gasteiger partial charge in [-0.2, -0.15) is 0 Å². The number of nitro benzene ring substituents is 1. The number of hydrogen-bond donors (Lipinski definition) is 0. The van der Waals surface area contributed by atoms with E-state index in [1.807, 2.05) is 11.8 Å². The zero-order chi connectivity index (χ0) is 14.7. The first-order chi connectivity index (χ1) is 9.47. The molecule has 20 heavy (non-hydrogen) atoms. The molecule has 1 fully saturated rings. The van der Waals surface area contributed by atoms with Crippen molar-refractivity contribution < 1.29 is 13.7 Å². The highest BCUT2D eigenvalue weighted by molar-refractivity contribution is 7.79. The van der Waals surface area contributed by atoms with Crippen molar-refractivity contribution in [3.8, 4) is 0 Å². The lowest BCUT2D eigenvalue weighted by Crippen LogP contribution is -2.47. The number of nitro groups is 1. The third-order valence-electron chi connectivity index (χ3n) is 3.39. The van der Waals surface area contributed by atoms with E-state index >= 15 is 0 Å². The quantitative estimate of drug-likeness (QED) is 0.465. The lowest BCUT2D eigenvalue weighted by Gasteiger charge is -2.36. The molecule has 1 aromatic rings. The zero-order valence-corrected chi connectivity index (χ0v) is 12.0. The summed E-state index contributed by atoms with van der Waals surface area (Å²) in [7, 11) is 0. The number of rotatable bonds is 4. The molecule has 8 heteroatoms. The van der Waals surface area contributed by atoms with Gasteiger partial charge in [0.15, 0.2) is 0 Å². The fraction of sp³-hybridized carbons (Fsp3) is 0.500. The third kappa shape index (κ3) is 3.53. The fourth-order valence-corrected chi connectivity index (χ4v) is 2.93. The zero-order valence-electron chi connectivity index (χ0n) is 11.2. The normalized spacial score (nSPS) is 18.0. The van der Waals surface area contributed by atoms with Crippen LogP contribution < -0.4 is 4.90 Å². The fourth-order valence-electron chi connectivity index (χ4n) is 2.37. The molecule has 1 saturated heterocycles. The van der Waals surface area contributed by atoms with Gasteiger partial charge in [0.1, 0.15) is 0 Å². The second-order valence-corrected chi connectivity index (χ2v) is 5.63. The number of nitrogens with zero attached hydrogens (tertiary/aromatic N) is 3. The minimum absolute atomic E-state index is 0.0626. The molecule has 0 bridgehead atoms. The Morgan fingerprint density at radius 2 is 1.95 bits per heavy atom.